The van der Waals surface area contributed by atoms with E-state index in [9.17, 15) is 4.79 Å². The number of thioether (sulfide) groups is 1. The highest BCUT2D eigenvalue weighted by Crippen LogP contribution is 2.36. The first-order valence-corrected chi connectivity index (χ1v) is 12.5. The Bertz CT molecular complexity index is 1530. The normalized spacial score (nSPS) is 12.5. The number of amides is 1. The number of ether oxygens (including phenoxy) is 2. The lowest BCUT2D eigenvalue weighted by molar-refractivity contribution is -0.118. The van der Waals surface area contributed by atoms with E-state index in [-0.39, 0.29) is 18.5 Å². The molecule has 0 saturated carbocycles. The third kappa shape index (κ3) is 3.84. The first-order chi connectivity index (χ1) is 16.7. The molecular formula is C24H19N5O3S2. The fourth-order valence-corrected chi connectivity index (χ4v) is 5.44. The lowest BCUT2D eigenvalue weighted by Crippen LogP contribution is -2.24. The minimum absolute atomic E-state index is 0.0932. The zero-order valence-corrected chi connectivity index (χ0v) is 19.8. The average molecular weight is 490 g/mol. The predicted molar refractivity (Wildman–Crippen MR) is 131 cm³/mol. The number of nitrogens with zero attached hydrogens (tertiary/aromatic N) is 4. The zero-order chi connectivity index (χ0) is 23.1. The van der Waals surface area contributed by atoms with E-state index in [0.717, 1.165) is 38.3 Å². The SMILES string of the molecule is Cc1ccc(-c2csc3ncn4c(SCC(=O)NCc5ccc6c(c5)OCO6)nnc4c23)cc1. The largest absolute Gasteiger partial charge is 0.454 e. The number of nitrogens with one attached hydrogen (secondary N) is 1. The number of aromatic nitrogens is 4. The lowest BCUT2D eigenvalue weighted by atomic mass is 10.0. The van der Waals surface area contributed by atoms with Crippen LogP contribution in [0.1, 0.15) is 11.1 Å². The Kier molecular flexibility index (Phi) is 5.31. The van der Waals surface area contributed by atoms with E-state index >= 15 is 0 Å². The number of fused-ring (bicyclic) bond motifs is 4. The van der Waals surface area contributed by atoms with Crippen molar-refractivity contribution in [2.45, 2.75) is 18.6 Å². The fourth-order valence-electron chi connectivity index (χ4n) is 3.80. The van der Waals surface area contributed by atoms with E-state index in [1.807, 2.05) is 22.6 Å². The van der Waals surface area contributed by atoms with E-state index in [4.69, 9.17) is 9.47 Å². The Morgan fingerprint density at radius 1 is 1.15 bits per heavy atom. The third-order valence-corrected chi connectivity index (χ3v) is 7.40. The van der Waals surface area contributed by atoms with Crippen LogP contribution in [-0.4, -0.2) is 38.0 Å². The summed E-state index contributed by atoms with van der Waals surface area (Å²) in [6.45, 7) is 2.71. The van der Waals surface area contributed by atoms with Crippen LogP contribution in [0, 0.1) is 6.92 Å². The van der Waals surface area contributed by atoms with Gasteiger partial charge in [-0.25, -0.2) is 4.98 Å². The van der Waals surface area contributed by atoms with Gasteiger partial charge in [0.25, 0.3) is 0 Å². The zero-order valence-electron chi connectivity index (χ0n) is 18.1. The molecule has 0 saturated heterocycles. The van der Waals surface area contributed by atoms with Gasteiger partial charge in [0.15, 0.2) is 22.3 Å². The Hall–Kier alpha value is -3.63. The molecule has 6 rings (SSSR count). The number of thiophene rings is 1. The molecule has 0 bridgehead atoms. The molecule has 2 aromatic carbocycles. The standard InChI is InChI=1S/C24H19N5O3S2/c1-14-2-5-16(6-3-14)17-10-33-23-21(17)22-27-28-24(29(22)12-26-23)34-11-20(30)25-9-15-4-7-18-19(8-15)32-13-31-18/h2-8,10,12H,9,11,13H2,1H3,(H,25,30). The van der Waals surface area contributed by atoms with Crippen LogP contribution in [0.25, 0.3) is 27.0 Å². The number of carbonyl (C=O) groups is 1. The molecule has 0 fully saturated rings. The topological polar surface area (TPSA) is 90.6 Å². The van der Waals surface area contributed by atoms with Gasteiger partial charge in [0.05, 0.1) is 11.1 Å². The van der Waals surface area contributed by atoms with Crippen LogP contribution < -0.4 is 14.8 Å². The summed E-state index contributed by atoms with van der Waals surface area (Å²) in [5, 5.41) is 15.4. The molecule has 0 spiro atoms. The van der Waals surface area contributed by atoms with E-state index < -0.39 is 0 Å². The first-order valence-electron chi connectivity index (χ1n) is 10.6. The summed E-state index contributed by atoms with van der Waals surface area (Å²) in [6, 6.07) is 14.1. The van der Waals surface area contributed by atoms with Gasteiger partial charge < -0.3 is 14.8 Å². The second-order valence-corrected chi connectivity index (χ2v) is 9.67. The second-order valence-electron chi connectivity index (χ2n) is 7.87. The summed E-state index contributed by atoms with van der Waals surface area (Å²) < 4.78 is 12.6. The van der Waals surface area contributed by atoms with Crippen molar-refractivity contribution < 1.29 is 14.3 Å². The van der Waals surface area contributed by atoms with Gasteiger partial charge in [-0.1, -0.05) is 47.7 Å². The molecule has 0 radical (unpaired) electrons. The summed E-state index contributed by atoms with van der Waals surface area (Å²) in [5.74, 6) is 1.55. The van der Waals surface area contributed by atoms with Crippen LogP contribution in [0.15, 0.2) is 59.3 Å². The van der Waals surface area contributed by atoms with Gasteiger partial charge in [-0.05, 0) is 30.2 Å². The van der Waals surface area contributed by atoms with Crippen LogP contribution >= 0.6 is 23.1 Å². The molecule has 0 atom stereocenters. The van der Waals surface area contributed by atoms with Gasteiger partial charge >= 0.3 is 0 Å². The number of carbonyl (C=O) groups excluding carboxylic acids is 1. The summed E-state index contributed by atoms with van der Waals surface area (Å²) >= 11 is 2.92. The maximum absolute atomic E-state index is 12.5. The van der Waals surface area contributed by atoms with Crippen molar-refractivity contribution >= 4 is 44.9 Å². The van der Waals surface area contributed by atoms with E-state index in [1.54, 1.807) is 17.7 Å². The first kappa shape index (κ1) is 20.9. The van der Waals surface area contributed by atoms with E-state index in [2.05, 4.69) is 57.1 Å². The average Bonchev–Trinajstić information content (AvgIpc) is 3.59. The number of aryl methyl sites for hydroxylation is 1. The van der Waals surface area contributed by atoms with Crippen LogP contribution in [-0.2, 0) is 11.3 Å². The summed E-state index contributed by atoms with van der Waals surface area (Å²) in [4.78, 5) is 18.0. The number of hydrogen-bond donors (Lipinski definition) is 1. The molecule has 5 aromatic rings. The molecule has 0 aliphatic carbocycles. The smallest absolute Gasteiger partial charge is 0.231 e. The molecule has 3 aromatic heterocycles. The predicted octanol–water partition coefficient (Wildman–Crippen LogP) is 4.45. The molecule has 10 heteroatoms. The highest BCUT2D eigenvalue weighted by Gasteiger charge is 2.17. The molecule has 4 heterocycles. The monoisotopic (exact) mass is 489 g/mol. The van der Waals surface area contributed by atoms with Crippen molar-refractivity contribution in [1.29, 1.82) is 0 Å². The maximum Gasteiger partial charge on any atom is 0.231 e. The third-order valence-electron chi connectivity index (χ3n) is 5.57. The van der Waals surface area contributed by atoms with Crippen molar-refractivity contribution in [1.82, 2.24) is 24.9 Å². The van der Waals surface area contributed by atoms with Gasteiger partial charge in [-0.2, -0.15) is 0 Å². The minimum Gasteiger partial charge on any atom is -0.454 e. The van der Waals surface area contributed by atoms with Gasteiger partial charge in [0, 0.05) is 17.5 Å². The molecule has 170 valence electrons. The number of rotatable bonds is 6. The van der Waals surface area contributed by atoms with Crippen LogP contribution in [0.4, 0.5) is 0 Å². The van der Waals surface area contributed by atoms with Crippen molar-refractivity contribution in [3.05, 3.63) is 65.3 Å². The maximum atomic E-state index is 12.5. The molecule has 1 N–H and O–H groups in total. The fraction of sp³-hybridized carbons (Fsp3) is 0.167. The Morgan fingerprint density at radius 2 is 2.00 bits per heavy atom. The summed E-state index contributed by atoms with van der Waals surface area (Å²) in [7, 11) is 0. The molecular weight excluding hydrogens is 470 g/mol. The second kappa shape index (κ2) is 8.62. The Balaban J connectivity index is 1.18. The Labute approximate surface area is 202 Å². The van der Waals surface area contributed by atoms with Gasteiger partial charge in [-0.15, -0.1) is 21.5 Å². The molecule has 8 nitrogen and oxygen atoms in total. The molecule has 1 amide bonds. The van der Waals surface area contributed by atoms with E-state index in [1.165, 1.54) is 17.3 Å². The minimum atomic E-state index is -0.0932. The van der Waals surface area contributed by atoms with Crippen molar-refractivity contribution in [3.63, 3.8) is 0 Å². The molecule has 1 aliphatic heterocycles. The van der Waals surface area contributed by atoms with Crippen LogP contribution in [0.5, 0.6) is 11.5 Å². The van der Waals surface area contributed by atoms with Crippen LogP contribution in [0.2, 0.25) is 0 Å². The lowest BCUT2D eigenvalue weighted by Gasteiger charge is -2.06. The van der Waals surface area contributed by atoms with Gasteiger partial charge in [0.1, 0.15) is 11.2 Å². The van der Waals surface area contributed by atoms with Gasteiger partial charge in [0.2, 0.25) is 12.7 Å². The van der Waals surface area contributed by atoms with Gasteiger partial charge in [-0.3, -0.25) is 9.20 Å². The molecule has 1 aliphatic rings. The summed E-state index contributed by atoms with van der Waals surface area (Å²) in [6.07, 6.45) is 1.72. The Morgan fingerprint density at radius 3 is 2.88 bits per heavy atom. The molecule has 34 heavy (non-hydrogen) atoms. The highest BCUT2D eigenvalue weighted by molar-refractivity contribution is 7.99. The highest BCUT2D eigenvalue weighted by atomic mass is 32.2. The number of benzene rings is 2. The van der Waals surface area contributed by atoms with E-state index in [0.29, 0.717) is 17.5 Å². The summed E-state index contributed by atoms with van der Waals surface area (Å²) in [5.41, 5.74) is 5.10. The quantitative estimate of drug-likeness (QED) is 0.352. The number of hydrogen-bond acceptors (Lipinski definition) is 8. The van der Waals surface area contributed by atoms with Crippen molar-refractivity contribution in [2.24, 2.45) is 0 Å². The van der Waals surface area contributed by atoms with Crippen molar-refractivity contribution in [3.8, 4) is 22.6 Å². The molecule has 0 unspecified atom stereocenters. The van der Waals surface area contributed by atoms with Crippen molar-refractivity contribution in [2.75, 3.05) is 12.5 Å². The van der Waals surface area contributed by atoms with Crippen LogP contribution in [0.3, 0.4) is 0 Å².